The minimum atomic E-state index is -3.32. The third kappa shape index (κ3) is 6.00. The third-order valence-corrected chi connectivity index (χ3v) is 8.84. The van der Waals surface area contributed by atoms with Gasteiger partial charge in [0, 0.05) is 44.5 Å². The molecule has 0 spiro atoms. The molecule has 1 aliphatic carbocycles. The number of alkyl halides is 2. The maximum atomic E-state index is 16.6. The van der Waals surface area contributed by atoms with Gasteiger partial charge in [-0.25, -0.2) is 29.9 Å². The van der Waals surface area contributed by atoms with Gasteiger partial charge >= 0.3 is 0 Å². The van der Waals surface area contributed by atoms with Crippen molar-refractivity contribution in [2.45, 2.75) is 12.8 Å². The van der Waals surface area contributed by atoms with Crippen LogP contribution in [-0.4, -0.2) is 29.9 Å². The largest absolute Gasteiger partial charge is 0.299 e. The van der Waals surface area contributed by atoms with Crippen LogP contribution in [0.4, 0.5) is 8.78 Å². The predicted octanol–water partition coefficient (Wildman–Crippen LogP) is 10.7. The fraction of sp³-hybridized carbons (Fsp3) is 0.0455. The van der Waals surface area contributed by atoms with Crippen LogP contribution in [-0.2, 0) is 5.92 Å². The first kappa shape index (κ1) is 32.4. The van der Waals surface area contributed by atoms with E-state index in [-0.39, 0.29) is 17.0 Å². The van der Waals surface area contributed by atoms with Gasteiger partial charge in [0.2, 0.25) is 0 Å². The summed E-state index contributed by atoms with van der Waals surface area (Å²) in [6.45, 7) is 5.85. The summed E-state index contributed by atoms with van der Waals surface area (Å²) in [5, 5.41) is 0. The first-order valence-electron chi connectivity index (χ1n) is 16.7. The molecule has 0 fully saturated rings. The van der Waals surface area contributed by atoms with E-state index in [0.29, 0.717) is 56.9 Å². The molecule has 7 aromatic rings. The third-order valence-electron chi connectivity index (χ3n) is 8.84. The number of nitrogens with zero attached hydrogens (tertiary/aromatic N) is 6. The molecule has 0 aliphatic heterocycles. The van der Waals surface area contributed by atoms with E-state index in [9.17, 15) is 0 Å². The lowest BCUT2D eigenvalue weighted by Crippen LogP contribution is -2.11. The van der Waals surface area contributed by atoms with E-state index in [1.165, 1.54) is 12.1 Å². The zero-order chi connectivity index (χ0) is 35.7. The number of benzene rings is 5. The van der Waals surface area contributed by atoms with E-state index >= 15 is 8.78 Å². The number of aromatic nitrogens is 6. The lowest BCUT2D eigenvalue weighted by atomic mass is 10.0. The second-order valence-corrected chi connectivity index (χ2v) is 12.2. The zero-order valence-electron chi connectivity index (χ0n) is 28.1. The maximum absolute atomic E-state index is 16.6. The molecule has 250 valence electrons. The number of hydrogen-bond donors (Lipinski definition) is 0. The lowest BCUT2D eigenvalue weighted by Gasteiger charge is -2.14. The summed E-state index contributed by atoms with van der Waals surface area (Å²) in [4.78, 5) is 28.4. The average Bonchev–Trinajstić information content (AvgIpc) is 3.43. The van der Waals surface area contributed by atoms with Crippen LogP contribution in [0.1, 0.15) is 23.9 Å². The van der Waals surface area contributed by atoms with Gasteiger partial charge in [-0.3, -0.25) is 0 Å². The molecule has 6 nitrogen and oxygen atoms in total. The van der Waals surface area contributed by atoms with Gasteiger partial charge in [0.05, 0.1) is 0 Å². The highest BCUT2D eigenvalue weighted by Gasteiger charge is 2.45. The monoisotopic (exact) mass is 680 g/mol. The Hall–Kier alpha value is -6.80. The van der Waals surface area contributed by atoms with E-state index in [1.807, 2.05) is 116 Å². The van der Waals surface area contributed by atoms with Crippen LogP contribution in [0.5, 0.6) is 0 Å². The molecule has 0 saturated carbocycles. The van der Waals surface area contributed by atoms with Gasteiger partial charge in [0.25, 0.3) is 5.92 Å². The topological polar surface area (TPSA) is 77.3 Å². The minimum Gasteiger partial charge on any atom is -0.208 e. The maximum Gasteiger partial charge on any atom is 0.299 e. The molecule has 0 unspecified atom stereocenters. The molecule has 2 aromatic heterocycles. The Labute approximate surface area is 299 Å². The fourth-order valence-electron chi connectivity index (χ4n) is 6.22. The van der Waals surface area contributed by atoms with E-state index in [1.54, 1.807) is 30.3 Å². The van der Waals surface area contributed by atoms with Crippen LogP contribution in [0.2, 0.25) is 0 Å². The molecule has 0 bridgehead atoms. The smallest absolute Gasteiger partial charge is 0.208 e. The van der Waals surface area contributed by atoms with Gasteiger partial charge in [-0.05, 0) is 30.2 Å². The van der Waals surface area contributed by atoms with E-state index in [4.69, 9.17) is 29.9 Å². The van der Waals surface area contributed by atoms with Crippen LogP contribution in [0.15, 0.2) is 158 Å². The van der Waals surface area contributed by atoms with Crippen LogP contribution in [0.25, 0.3) is 73.6 Å². The van der Waals surface area contributed by atoms with Crippen LogP contribution < -0.4 is 0 Å². The minimum absolute atomic E-state index is 0.121. The Balaban J connectivity index is 1.22. The zero-order valence-corrected chi connectivity index (χ0v) is 28.1. The summed E-state index contributed by atoms with van der Waals surface area (Å²) < 4.78 is 33.2. The lowest BCUT2D eigenvalue weighted by molar-refractivity contribution is 0.0481. The first-order chi connectivity index (χ1) is 25.4. The molecule has 0 saturated heterocycles. The Morgan fingerprint density at radius 1 is 0.519 bits per heavy atom. The fourth-order valence-corrected chi connectivity index (χ4v) is 6.22. The van der Waals surface area contributed by atoms with Crippen molar-refractivity contribution in [2.75, 3.05) is 0 Å². The summed E-state index contributed by atoms with van der Waals surface area (Å²) in [5.41, 5.74) is 4.59. The van der Waals surface area contributed by atoms with E-state index < -0.39 is 5.92 Å². The number of allylic oxidation sites excluding steroid dienone is 5. The first-order valence-corrected chi connectivity index (χ1v) is 16.7. The molecule has 8 rings (SSSR count). The molecule has 1 aliphatic rings. The Morgan fingerprint density at radius 3 is 1.31 bits per heavy atom. The molecule has 5 aromatic carbocycles. The predicted molar refractivity (Wildman–Crippen MR) is 202 cm³/mol. The van der Waals surface area contributed by atoms with E-state index in [2.05, 4.69) is 6.58 Å². The van der Waals surface area contributed by atoms with Crippen molar-refractivity contribution in [1.29, 1.82) is 0 Å². The molecule has 0 atom stereocenters. The van der Waals surface area contributed by atoms with Gasteiger partial charge in [-0.2, -0.15) is 8.78 Å². The number of rotatable bonds is 8. The Morgan fingerprint density at radius 2 is 0.904 bits per heavy atom. The van der Waals surface area contributed by atoms with E-state index in [0.717, 1.165) is 16.7 Å². The molecule has 8 heteroatoms. The second-order valence-electron chi connectivity index (χ2n) is 12.2. The molecule has 52 heavy (non-hydrogen) atoms. The molecule has 0 N–H and O–H groups in total. The summed E-state index contributed by atoms with van der Waals surface area (Å²) in [5.74, 6) is -1.01. The summed E-state index contributed by atoms with van der Waals surface area (Å²) in [6.07, 6.45) is 7.27. The van der Waals surface area contributed by atoms with Gasteiger partial charge in [0.15, 0.2) is 34.9 Å². The quantitative estimate of drug-likeness (QED) is 0.149. The second kappa shape index (κ2) is 13.5. The van der Waals surface area contributed by atoms with Crippen molar-refractivity contribution in [3.05, 3.63) is 175 Å². The Bertz CT molecular complexity index is 2460. The summed E-state index contributed by atoms with van der Waals surface area (Å²) in [6, 6.07) is 38.5. The van der Waals surface area contributed by atoms with Gasteiger partial charge in [-0.1, -0.05) is 146 Å². The van der Waals surface area contributed by atoms with Crippen molar-refractivity contribution in [3.8, 4) is 68.1 Å². The summed E-state index contributed by atoms with van der Waals surface area (Å²) >= 11 is 0. The van der Waals surface area contributed by atoms with Crippen LogP contribution >= 0.6 is 0 Å². The standard InChI is InChI=1S/C44H30F2N6/c1-3-5-15-28(4-2)38-47-39(29-16-9-6-10-17-29)50-42(48-38)32-22-24-34-35-25-23-33(27-37(35)44(45,46)36(34)26-32)43-51-40(30-18-11-7-12-19-30)49-41(52-43)31-20-13-8-14-21-31/h3-27H,2H2,1H3/b5-3-,28-15+. The highest BCUT2D eigenvalue weighted by atomic mass is 19.3. The van der Waals surface area contributed by atoms with Crippen molar-refractivity contribution in [3.63, 3.8) is 0 Å². The van der Waals surface area contributed by atoms with Crippen molar-refractivity contribution < 1.29 is 8.78 Å². The molecule has 0 radical (unpaired) electrons. The Kier molecular flexibility index (Phi) is 8.41. The van der Waals surface area contributed by atoms with Gasteiger partial charge in [-0.15, -0.1) is 0 Å². The van der Waals surface area contributed by atoms with Gasteiger partial charge in [0.1, 0.15) is 0 Å². The van der Waals surface area contributed by atoms with Crippen molar-refractivity contribution >= 4 is 5.57 Å². The van der Waals surface area contributed by atoms with Crippen LogP contribution in [0, 0.1) is 0 Å². The number of hydrogen-bond acceptors (Lipinski definition) is 6. The average molecular weight is 681 g/mol. The van der Waals surface area contributed by atoms with Crippen molar-refractivity contribution in [2.24, 2.45) is 0 Å². The molecular formula is C44H30F2N6. The number of halogens is 2. The SMILES string of the molecule is C=C/C(=C\C=C/C)c1nc(-c2ccccc2)nc(-c2ccc3c(c2)C(F)(F)c2cc(-c4nc(-c5ccccc5)nc(-c5ccccc5)n4)ccc2-3)n1. The van der Waals surface area contributed by atoms with Gasteiger partial charge < -0.3 is 0 Å². The molecule has 0 amide bonds. The van der Waals surface area contributed by atoms with Crippen LogP contribution in [0.3, 0.4) is 0 Å². The normalized spacial score (nSPS) is 13.2. The molecule has 2 heterocycles. The summed E-state index contributed by atoms with van der Waals surface area (Å²) in [7, 11) is 0. The van der Waals surface area contributed by atoms with Crippen molar-refractivity contribution in [1.82, 2.24) is 29.9 Å². The highest BCUT2D eigenvalue weighted by Crippen LogP contribution is 2.52. The highest BCUT2D eigenvalue weighted by molar-refractivity contribution is 5.84. The molecular weight excluding hydrogens is 651 g/mol. The number of fused-ring (bicyclic) bond motifs is 3.